The number of hydrogen-bond acceptors (Lipinski definition) is 1. The minimum atomic E-state index is 0.146. The fourth-order valence-electron chi connectivity index (χ4n) is 3.59. The van der Waals surface area contributed by atoms with E-state index in [1.165, 1.54) is 32.7 Å². The Kier molecular flexibility index (Phi) is 3.53. The first-order valence-corrected chi connectivity index (χ1v) is 8.32. The van der Waals surface area contributed by atoms with Crippen molar-refractivity contribution in [2.45, 2.75) is 46.6 Å². The Balaban J connectivity index is 2.24. The van der Waals surface area contributed by atoms with Gasteiger partial charge in [0.15, 0.2) is 0 Å². The third-order valence-electron chi connectivity index (χ3n) is 4.55. The van der Waals surface area contributed by atoms with E-state index in [4.69, 9.17) is 5.73 Å². The first-order valence-electron chi connectivity index (χ1n) is 7.52. The molecule has 1 aromatic heterocycles. The second-order valence-corrected chi connectivity index (χ2v) is 7.88. The van der Waals surface area contributed by atoms with Crippen LogP contribution in [0.5, 0.6) is 0 Å². The Morgan fingerprint density at radius 2 is 2.00 bits per heavy atom. The zero-order chi connectivity index (χ0) is 15.4. The molecular formula is C18H23BrN2. The van der Waals surface area contributed by atoms with Crippen molar-refractivity contribution in [2.24, 2.45) is 11.1 Å². The topological polar surface area (TPSA) is 30.9 Å². The summed E-state index contributed by atoms with van der Waals surface area (Å²) in [5.41, 5.74) is 13.1. The summed E-state index contributed by atoms with van der Waals surface area (Å²) in [6.45, 7) is 8.93. The number of halogens is 1. The average Bonchev–Trinajstić information content (AvgIpc) is 2.69. The summed E-state index contributed by atoms with van der Waals surface area (Å²) in [7, 11) is 0. The number of aromatic nitrogens is 1. The van der Waals surface area contributed by atoms with Gasteiger partial charge in [-0.25, -0.2) is 0 Å². The van der Waals surface area contributed by atoms with Crippen LogP contribution in [0.2, 0.25) is 0 Å². The minimum Gasteiger partial charge on any atom is -0.324 e. The Labute approximate surface area is 135 Å². The summed E-state index contributed by atoms with van der Waals surface area (Å²) in [5, 5.41) is 0. The van der Waals surface area contributed by atoms with Gasteiger partial charge < -0.3 is 10.3 Å². The molecule has 2 N–H and O–H groups in total. The molecule has 0 amide bonds. The van der Waals surface area contributed by atoms with Gasteiger partial charge in [-0.2, -0.15) is 0 Å². The van der Waals surface area contributed by atoms with Gasteiger partial charge in [-0.15, -0.1) is 0 Å². The van der Waals surface area contributed by atoms with Crippen LogP contribution in [0.1, 0.15) is 48.8 Å². The van der Waals surface area contributed by atoms with Gasteiger partial charge in [0.25, 0.3) is 0 Å². The molecule has 1 unspecified atom stereocenters. The van der Waals surface area contributed by atoms with Crippen LogP contribution in [0, 0.1) is 19.3 Å². The number of benzene rings is 1. The van der Waals surface area contributed by atoms with Crippen LogP contribution < -0.4 is 5.73 Å². The number of nitrogens with zero attached hydrogens (tertiary/aromatic N) is 1. The summed E-state index contributed by atoms with van der Waals surface area (Å²) in [6, 6.07) is 8.85. The van der Waals surface area contributed by atoms with Crippen molar-refractivity contribution in [1.82, 2.24) is 4.57 Å². The molecule has 1 aliphatic carbocycles. The highest BCUT2D eigenvalue weighted by atomic mass is 79.9. The molecule has 1 aliphatic rings. The second kappa shape index (κ2) is 4.99. The zero-order valence-electron chi connectivity index (χ0n) is 13.2. The van der Waals surface area contributed by atoms with E-state index in [0.29, 0.717) is 0 Å². The molecule has 0 bridgehead atoms. The lowest BCUT2D eigenvalue weighted by molar-refractivity contribution is 0.278. The summed E-state index contributed by atoms with van der Waals surface area (Å²) >= 11 is 3.76. The molecule has 0 radical (unpaired) electrons. The maximum atomic E-state index is 6.43. The summed E-state index contributed by atoms with van der Waals surface area (Å²) in [6.07, 6.45) is 2.13. The molecule has 0 aliphatic heterocycles. The van der Waals surface area contributed by atoms with Crippen LogP contribution in [-0.2, 0) is 6.42 Å². The third-order valence-corrected chi connectivity index (χ3v) is 5.58. The molecule has 0 saturated heterocycles. The number of rotatable bonds is 1. The van der Waals surface area contributed by atoms with E-state index >= 15 is 0 Å². The van der Waals surface area contributed by atoms with Crippen LogP contribution in [0.4, 0.5) is 0 Å². The van der Waals surface area contributed by atoms with Crippen LogP contribution in [0.15, 0.2) is 28.7 Å². The van der Waals surface area contributed by atoms with Gasteiger partial charge in [-0.05, 0) is 71.3 Å². The predicted molar refractivity (Wildman–Crippen MR) is 92.0 cm³/mol. The Morgan fingerprint density at radius 1 is 1.29 bits per heavy atom. The average molecular weight is 347 g/mol. The van der Waals surface area contributed by atoms with E-state index in [-0.39, 0.29) is 11.5 Å². The first kappa shape index (κ1) is 14.9. The van der Waals surface area contributed by atoms with E-state index in [1.54, 1.807) is 0 Å². The summed E-state index contributed by atoms with van der Waals surface area (Å²) < 4.78 is 3.55. The van der Waals surface area contributed by atoms with E-state index in [1.807, 2.05) is 0 Å². The van der Waals surface area contributed by atoms with Gasteiger partial charge in [0.05, 0.1) is 5.69 Å². The van der Waals surface area contributed by atoms with Crippen LogP contribution in [0.3, 0.4) is 0 Å². The summed E-state index contributed by atoms with van der Waals surface area (Å²) in [5.74, 6) is 0. The molecule has 112 valence electrons. The Bertz CT molecular complexity index is 697. The molecule has 1 aromatic carbocycles. The molecule has 0 fully saturated rings. The minimum absolute atomic E-state index is 0.146. The highest BCUT2D eigenvalue weighted by molar-refractivity contribution is 9.10. The van der Waals surface area contributed by atoms with Gasteiger partial charge in [-0.3, -0.25) is 0 Å². The van der Waals surface area contributed by atoms with Crippen LogP contribution >= 0.6 is 15.9 Å². The van der Waals surface area contributed by atoms with Gasteiger partial charge in [-0.1, -0.05) is 26.0 Å². The van der Waals surface area contributed by atoms with Crippen molar-refractivity contribution < 1.29 is 0 Å². The van der Waals surface area contributed by atoms with Crippen LogP contribution in [0.25, 0.3) is 5.69 Å². The molecule has 0 spiro atoms. The maximum absolute atomic E-state index is 6.43. The standard InChI is InChI=1S/C18H23BrN2/c1-11-6-5-7-15(17(11)19)21-12(2)8-13-14(20)9-18(3,4)10-16(13)21/h5-8,14H,9-10,20H2,1-4H3. The lowest BCUT2D eigenvalue weighted by Crippen LogP contribution is -2.30. The van der Waals surface area contributed by atoms with Crippen molar-refractivity contribution >= 4 is 15.9 Å². The lowest BCUT2D eigenvalue weighted by atomic mass is 9.74. The van der Waals surface area contributed by atoms with Crippen molar-refractivity contribution in [3.63, 3.8) is 0 Å². The Morgan fingerprint density at radius 3 is 2.71 bits per heavy atom. The van der Waals surface area contributed by atoms with Gasteiger partial charge in [0.2, 0.25) is 0 Å². The van der Waals surface area contributed by atoms with Gasteiger partial charge in [0, 0.05) is 21.9 Å². The molecular weight excluding hydrogens is 324 g/mol. The number of hydrogen-bond donors (Lipinski definition) is 1. The number of aryl methyl sites for hydroxylation is 2. The molecule has 1 atom stereocenters. The van der Waals surface area contributed by atoms with E-state index in [2.05, 4.69) is 72.5 Å². The molecule has 3 rings (SSSR count). The SMILES string of the molecule is Cc1cccc(-n2c(C)cc3c2CC(C)(C)CC3N)c1Br. The zero-order valence-corrected chi connectivity index (χ0v) is 14.8. The lowest BCUT2D eigenvalue weighted by Gasteiger charge is -2.34. The van der Waals surface area contributed by atoms with Gasteiger partial charge >= 0.3 is 0 Å². The van der Waals surface area contributed by atoms with Crippen LogP contribution in [-0.4, -0.2) is 4.57 Å². The summed E-state index contributed by atoms with van der Waals surface area (Å²) in [4.78, 5) is 0. The third kappa shape index (κ3) is 2.47. The van der Waals surface area contributed by atoms with E-state index in [9.17, 15) is 0 Å². The largest absolute Gasteiger partial charge is 0.324 e. The molecule has 2 aromatic rings. The number of nitrogens with two attached hydrogens (primary N) is 1. The van der Waals surface area contributed by atoms with E-state index in [0.717, 1.165) is 12.8 Å². The molecule has 3 heteroatoms. The molecule has 2 nitrogen and oxygen atoms in total. The highest BCUT2D eigenvalue weighted by Crippen LogP contribution is 2.42. The van der Waals surface area contributed by atoms with Crippen molar-refractivity contribution in [3.8, 4) is 5.69 Å². The highest BCUT2D eigenvalue weighted by Gasteiger charge is 2.33. The maximum Gasteiger partial charge on any atom is 0.0599 e. The smallest absolute Gasteiger partial charge is 0.0599 e. The van der Waals surface area contributed by atoms with Crippen molar-refractivity contribution in [2.75, 3.05) is 0 Å². The second-order valence-electron chi connectivity index (χ2n) is 7.08. The number of fused-ring (bicyclic) bond motifs is 1. The van der Waals surface area contributed by atoms with Gasteiger partial charge in [0.1, 0.15) is 0 Å². The quantitative estimate of drug-likeness (QED) is 0.787. The fourth-order valence-corrected chi connectivity index (χ4v) is 4.03. The Hall–Kier alpha value is -1.06. The van der Waals surface area contributed by atoms with Crippen molar-refractivity contribution in [1.29, 1.82) is 0 Å². The molecule has 0 saturated carbocycles. The normalized spacial score (nSPS) is 20.4. The molecule has 21 heavy (non-hydrogen) atoms. The van der Waals surface area contributed by atoms with E-state index < -0.39 is 0 Å². The monoisotopic (exact) mass is 346 g/mol. The predicted octanol–water partition coefficient (Wildman–Crippen LogP) is 4.83. The van der Waals surface area contributed by atoms with Crippen molar-refractivity contribution in [3.05, 3.63) is 51.3 Å². The molecule has 1 heterocycles. The fraction of sp³-hybridized carbons (Fsp3) is 0.444. The first-order chi connectivity index (χ1) is 9.80.